The number of carbonyl (C=O) groups excluding carboxylic acids is 2. The highest BCUT2D eigenvalue weighted by Crippen LogP contribution is 2.24. The second kappa shape index (κ2) is 9.64. The van der Waals surface area contributed by atoms with E-state index in [1.807, 2.05) is 53.3 Å². The van der Waals surface area contributed by atoms with Crippen LogP contribution in [0.15, 0.2) is 66.9 Å². The molecule has 5 heteroatoms. The summed E-state index contributed by atoms with van der Waals surface area (Å²) in [7, 11) is 0. The van der Waals surface area contributed by atoms with E-state index >= 15 is 0 Å². The number of ketones is 1. The fourth-order valence-corrected chi connectivity index (χ4v) is 2.91. The topological polar surface area (TPSA) is 61.2 Å². The molecular formula is C24H24N2O3. The highest BCUT2D eigenvalue weighted by Gasteiger charge is 2.11. The summed E-state index contributed by atoms with van der Waals surface area (Å²) in [6, 6.07) is 18.3. The summed E-state index contributed by atoms with van der Waals surface area (Å²) in [5.41, 5.74) is 4.97. The lowest BCUT2D eigenvalue weighted by Gasteiger charge is -2.02. The van der Waals surface area contributed by atoms with Crippen LogP contribution in [0.3, 0.4) is 0 Å². The predicted octanol–water partition coefficient (Wildman–Crippen LogP) is 4.31. The number of ether oxygens (including phenoxy) is 1. The van der Waals surface area contributed by atoms with E-state index in [4.69, 9.17) is 9.84 Å². The van der Waals surface area contributed by atoms with Crippen molar-refractivity contribution in [3.05, 3.63) is 83.6 Å². The van der Waals surface area contributed by atoms with Crippen molar-refractivity contribution in [3.8, 4) is 11.3 Å². The molecule has 2 aromatic carbocycles. The summed E-state index contributed by atoms with van der Waals surface area (Å²) in [6.07, 6.45) is 5.89. The van der Waals surface area contributed by atoms with Crippen LogP contribution in [-0.4, -0.2) is 28.1 Å². The van der Waals surface area contributed by atoms with Gasteiger partial charge in [0, 0.05) is 23.4 Å². The largest absolute Gasteiger partial charge is 0.455 e. The molecule has 0 bridgehead atoms. The normalized spacial score (nSPS) is 11.0. The van der Waals surface area contributed by atoms with Crippen LogP contribution in [0.5, 0.6) is 0 Å². The molecule has 148 valence electrons. The molecule has 0 spiro atoms. The standard InChI is InChI=1S/C24H24N2O3/c1-3-19-9-11-21(12-10-19)24-22(13-14-23(28)29-17-18(2)27)16-26(25-24)15-20-7-5-4-6-8-20/h4-14,16H,3,15,17H2,1-2H3/b14-13+. The van der Waals surface area contributed by atoms with Gasteiger partial charge in [-0.25, -0.2) is 4.79 Å². The van der Waals surface area contributed by atoms with Crippen LogP contribution in [0, 0.1) is 0 Å². The molecule has 0 unspecified atom stereocenters. The first-order valence-electron chi connectivity index (χ1n) is 9.60. The van der Waals surface area contributed by atoms with Crippen molar-refractivity contribution in [1.29, 1.82) is 0 Å². The Labute approximate surface area is 170 Å². The van der Waals surface area contributed by atoms with Crippen molar-refractivity contribution in [3.63, 3.8) is 0 Å². The lowest BCUT2D eigenvalue weighted by Crippen LogP contribution is -2.08. The third-order valence-electron chi connectivity index (χ3n) is 4.43. The first-order valence-corrected chi connectivity index (χ1v) is 9.60. The van der Waals surface area contributed by atoms with Crippen LogP contribution in [-0.2, 0) is 27.3 Å². The Morgan fingerprint density at radius 3 is 2.41 bits per heavy atom. The molecule has 0 aliphatic carbocycles. The minimum Gasteiger partial charge on any atom is -0.455 e. The van der Waals surface area contributed by atoms with Crippen molar-refractivity contribution >= 4 is 17.8 Å². The van der Waals surface area contributed by atoms with Crippen molar-refractivity contribution in [2.75, 3.05) is 6.61 Å². The second-order valence-corrected chi connectivity index (χ2v) is 6.81. The van der Waals surface area contributed by atoms with Gasteiger partial charge in [-0.2, -0.15) is 5.10 Å². The van der Waals surface area contributed by atoms with Gasteiger partial charge in [-0.1, -0.05) is 61.5 Å². The van der Waals surface area contributed by atoms with E-state index in [-0.39, 0.29) is 12.4 Å². The van der Waals surface area contributed by atoms with Crippen LogP contribution < -0.4 is 0 Å². The summed E-state index contributed by atoms with van der Waals surface area (Å²) < 4.78 is 6.76. The van der Waals surface area contributed by atoms with E-state index < -0.39 is 5.97 Å². The molecule has 29 heavy (non-hydrogen) atoms. The maximum Gasteiger partial charge on any atom is 0.331 e. The number of carbonyl (C=O) groups is 2. The summed E-state index contributed by atoms with van der Waals surface area (Å²) in [4.78, 5) is 22.8. The molecule has 3 rings (SSSR count). The van der Waals surface area contributed by atoms with Crippen LogP contribution >= 0.6 is 0 Å². The molecule has 3 aromatic rings. The number of Topliss-reactive ketones (excluding diaryl/α,β-unsaturated/α-hetero) is 1. The Morgan fingerprint density at radius 1 is 1.03 bits per heavy atom. The molecule has 0 saturated carbocycles. The summed E-state index contributed by atoms with van der Waals surface area (Å²) in [6.45, 7) is 3.90. The molecule has 0 atom stereocenters. The number of aromatic nitrogens is 2. The number of hydrogen-bond donors (Lipinski definition) is 0. The minimum atomic E-state index is -0.553. The lowest BCUT2D eigenvalue weighted by molar-refractivity contribution is -0.142. The Balaban J connectivity index is 1.89. The van der Waals surface area contributed by atoms with Gasteiger partial charge in [0.15, 0.2) is 5.78 Å². The summed E-state index contributed by atoms with van der Waals surface area (Å²) in [5, 5.41) is 4.74. The molecule has 1 heterocycles. The number of benzene rings is 2. The molecular weight excluding hydrogens is 364 g/mol. The number of hydrogen-bond acceptors (Lipinski definition) is 4. The number of esters is 1. The third kappa shape index (κ3) is 5.75. The first-order chi connectivity index (χ1) is 14.0. The van der Waals surface area contributed by atoms with Gasteiger partial charge in [-0.3, -0.25) is 9.48 Å². The van der Waals surface area contributed by atoms with Crippen molar-refractivity contribution in [2.45, 2.75) is 26.8 Å². The highest BCUT2D eigenvalue weighted by atomic mass is 16.5. The molecule has 0 fully saturated rings. The Hall–Kier alpha value is -3.47. The molecule has 0 aliphatic heterocycles. The number of rotatable bonds is 8. The molecule has 0 radical (unpaired) electrons. The Bertz CT molecular complexity index is 1000. The van der Waals surface area contributed by atoms with E-state index in [9.17, 15) is 9.59 Å². The zero-order valence-electron chi connectivity index (χ0n) is 16.7. The van der Waals surface area contributed by atoms with E-state index in [1.54, 1.807) is 6.08 Å². The van der Waals surface area contributed by atoms with Gasteiger partial charge in [0.05, 0.1) is 12.2 Å². The van der Waals surface area contributed by atoms with Crippen LogP contribution in [0.2, 0.25) is 0 Å². The molecule has 0 aliphatic rings. The van der Waals surface area contributed by atoms with Crippen molar-refractivity contribution in [2.24, 2.45) is 0 Å². The van der Waals surface area contributed by atoms with Gasteiger partial charge in [0.2, 0.25) is 0 Å². The van der Waals surface area contributed by atoms with Gasteiger partial charge >= 0.3 is 5.97 Å². The van der Waals surface area contributed by atoms with Crippen LogP contribution in [0.25, 0.3) is 17.3 Å². The average Bonchev–Trinajstić information content (AvgIpc) is 3.14. The van der Waals surface area contributed by atoms with E-state index in [2.05, 4.69) is 19.1 Å². The zero-order valence-corrected chi connectivity index (χ0v) is 16.7. The lowest BCUT2D eigenvalue weighted by atomic mass is 10.0. The summed E-state index contributed by atoms with van der Waals surface area (Å²) in [5.74, 6) is -0.748. The van der Waals surface area contributed by atoms with Gasteiger partial charge in [-0.15, -0.1) is 0 Å². The van der Waals surface area contributed by atoms with Crippen molar-refractivity contribution < 1.29 is 14.3 Å². The van der Waals surface area contributed by atoms with E-state index in [0.29, 0.717) is 6.54 Å². The number of aryl methyl sites for hydroxylation is 1. The fourth-order valence-electron chi connectivity index (χ4n) is 2.91. The molecule has 0 amide bonds. The maximum atomic E-state index is 11.9. The van der Waals surface area contributed by atoms with Gasteiger partial charge in [0.1, 0.15) is 6.61 Å². The van der Waals surface area contributed by atoms with Crippen molar-refractivity contribution in [1.82, 2.24) is 9.78 Å². The van der Waals surface area contributed by atoms with Crippen LogP contribution in [0.1, 0.15) is 30.5 Å². The molecule has 1 aromatic heterocycles. The summed E-state index contributed by atoms with van der Waals surface area (Å²) >= 11 is 0. The molecule has 5 nitrogen and oxygen atoms in total. The molecule has 0 N–H and O–H groups in total. The number of nitrogens with zero attached hydrogens (tertiary/aromatic N) is 2. The Kier molecular flexibility index (Phi) is 6.74. The highest BCUT2D eigenvalue weighted by molar-refractivity contribution is 5.90. The SMILES string of the molecule is CCc1ccc(-c2nn(Cc3ccccc3)cc2/C=C/C(=O)OCC(C)=O)cc1. The first kappa shape index (κ1) is 20.3. The van der Waals surface area contributed by atoms with Gasteiger partial charge < -0.3 is 4.74 Å². The van der Waals surface area contributed by atoms with E-state index in [0.717, 1.165) is 28.8 Å². The fraction of sp³-hybridized carbons (Fsp3) is 0.208. The average molecular weight is 388 g/mol. The maximum absolute atomic E-state index is 11.9. The molecule has 0 saturated heterocycles. The van der Waals surface area contributed by atoms with Crippen LogP contribution in [0.4, 0.5) is 0 Å². The quantitative estimate of drug-likeness (QED) is 0.426. The van der Waals surface area contributed by atoms with Gasteiger partial charge in [-0.05, 0) is 30.5 Å². The zero-order chi connectivity index (χ0) is 20.6. The smallest absolute Gasteiger partial charge is 0.331 e. The Morgan fingerprint density at radius 2 is 1.76 bits per heavy atom. The van der Waals surface area contributed by atoms with E-state index in [1.165, 1.54) is 18.6 Å². The second-order valence-electron chi connectivity index (χ2n) is 6.81. The predicted molar refractivity (Wildman–Crippen MR) is 113 cm³/mol. The minimum absolute atomic E-state index is 0.195. The monoisotopic (exact) mass is 388 g/mol. The van der Waals surface area contributed by atoms with Gasteiger partial charge in [0.25, 0.3) is 0 Å². The third-order valence-corrected chi connectivity index (χ3v) is 4.43.